The minimum Gasteiger partial charge on any atom is -0.493 e. The van der Waals surface area contributed by atoms with Crippen LogP contribution in [0, 0.1) is 0 Å². The lowest BCUT2D eigenvalue weighted by atomic mass is 10.0. The van der Waals surface area contributed by atoms with Gasteiger partial charge in [0.1, 0.15) is 12.7 Å². The highest BCUT2D eigenvalue weighted by Crippen LogP contribution is 2.49. The number of nitrogens with one attached hydrogen (secondary N) is 1. The van der Waals surface area contributed by atoms with Crippen LogP contribution in [0.3, 0.4) is 0 Å². The molecule has 0 spiro atoms. The molecule has 0 saturated heterocycles. The zero-order chi connectivity index (χ0) is 24.4. The topological polar surface area (TPSA) is 114 Å². The Labute approximate surface area is 196 Å². The summed E-state index contributed by atoms with van der Waals surface area (Å²) in [7, 11) is 4.20. The first-order valence-electron chi connectivity index (χ1n) is 10.7. The second kappa shape index (κ2) is 9.42. The highest BCUT2D eigenvalue weighted by atomic mass is 16.5. The number of rotatable bonds is 8. The van der Waals surface area contributed by atoms with Crippen molar-refractivity contribution in [1.82, 2.24) is 10.2 Å². The number of benzene rings is 2. The average molecular weight is 467 g/mol. The molecule has 34 heavy (non-hydrogen) atoms. The Bertz CT molecular complexity index is 1160. The van der Waals surface area contributed by atoms with E-state index in [1.54, 1.807) is 46.2 Å². The van der Waals surface area contributed by atoms with Crippen molar-refractivity contribution in [3.05, 3.63) is 53.1 Å². The molecule has 1 atom stereocenters. The van der Waals surface area contributed by atoms with Gasteiger partial charge in [0.2, 0.25) is 5.91 Å². The van der Waals surface area contributed by atoms with Crippen molar-refractivity contribution in [2.45, 2.75) is 19.0 Å². The molecule has 10 nitrogen and oxygen atoms in total. The Morgan fingerprint density at radius 1 is 1.00 bits per heavy atom. The van der Waals surface area contributed by atoms with Crippen LogP contribution in [-0.4, -0.2) is 63.0 Å². The maximum atomic E-state index is 13.6. The minimum atomic E-state index is -0.678. The quantitative estimate of drug-likeness (QED) is 0.590. The minimum absolute atomic E-state index is 0.0991. The molecule has 0 fully saturated rings. The maximum absolute atomic E-state index is 13.6. The summed E-state index contributed by atoms with van der Waals surface area (Å²) in [6.45, 7) is 0.00625. The van der Waals surface area contributed by atoms with Gasteiger partial charge in [-0.05, 0) is 24.6 Å². The van der Waals surface area contributed by atoms with Crippen molar-refractivity contribution in [1.29, 1.82) is 0 Å². The molecule has 2 aliphatic rings. The fourth-order valence-corrected chi connectivity index (χ4v) is 4.39. The van der Waals surface area contributed by atoms with E-state index in [4.69, 9.17) is 9.47 Å². The molecular weight excluding hydrogens is 442 g/mol. The molecule has 2 heterocycles. The number of amides is 3. The van der Waals surface area contributed by atoms with Gasteiger partial charge in [-0.1, -0.05) is 18.2 Å². The molecule has 0 aromatic heterocycles. The van der Waals surface area contributed by atoms with Gasteiger partial charge in [0.15, 0.2) is 11.5 Å². The number of hydrogen-bond donors (Lipinski definition) is 1. The second-order valence-corrected chi connectivity index (χ2v) is 7.79. The van der Waals surface area contributed by atoms with Crippen molar-refractivity contribution in [3.8, 4) is 11.5 Å². The molecule has 0 radical (unpaired) electrons. The van der Waals surface area contributed by atoms with Gasteiger partial charge in [-0.2, -0.15) is 0 Å². The van der Waals surface area contributed by atoms with Crippen molar-refractivity contribution in [2.75, 3.05) is 39.3 Å². The number of fused-ring (bicyclic) bond motifs is 5. The molecule has 10 heteroatoms. The van der Waals surface area contributed by atoms with Crippen LogP contribution in [0.15, 0.2) is 36.4 Å². The fourth-order valence-electron chi connectivity index (χ4n) is 4.39. The number of methoxy groups -OCH3 is 3. The van der Waals surface area contributed by atoms with E-state index in [9.17, 15) is 19.2 Å². The van der Waals surface area contributed by atoms with E-state index in [0.29, 0.717) is 40.3 Å². The van der Waals surface area contributed by atoms with E-state index < -0.39 is 12.1 Å². The molecular formula is C24H25N3O7. The SMILES string of the molecule is COC(=O)CNC(=O)CCCN1C(=O)c2ccccc2N2C(=O)c3c(ccc(OC)c3OC)[C@H]12. The Morgan fingerprint density at radius 2 is 1.76 bits per heavy atom. The summed E-state index contributed by atoms with van der Waals surface area (Å²) in [5, 5.41) is 2.48. The van der Waals surface area contributed by atoms with Crippen molar-refractivity contribution >= 4 is 29.4 Å². The highest BCUT2D eigenvalue weighted by molar-refractivity contribution is 6.18. The molecule has 178 valence electrons. The summed E-state index contributed by atoms with van der Waals surface area (Å²) in [5.41, 5.74) is 1.89. The monoisotopic (exact) mass is 467 g/mol. The molecule has 1 N–H and O–H groups in total. The van der Waals surface area contributed by atoms with Gasteiger partial charge >= 0.3 is 5.97 Å². The Morgan fingerprint density at radius 3 is 2.47 bits per heavy atom. The summed E-state index contributed by atoms with van der Waals surface area (Å²) >= 11 is 0. The average Bonchev–Trinajstić information content (AvgIpc) is 3.16. The van der Waals surface area contributed by atoms with Gasteiger partial charge in [-0.25, -0.2) is 0 Å². The molecule has 2 aromatic carbocycles. The summed E-state index contributed by atoms with van der Waals surface area (Å²) in [6, 6.07) is 10.4. The second-order valence-electron chi connectivity index (χ2n) is 7.79. The normalized spacial score (nSPS) is 15.9. The lowest BCUT2D eigenvalue weighted by molar-refractivity contribution is -0.141. The Kier molecular flexibility index (Phi) is 6.40. The molecule has 3 amide bonds. The molecule has 0 saturated carbocycles. The van der Waals surface area contributed by atoms with Crippen molar-refractivity contribution in [2.24, 2.45) is 0 Å². The van der Waals surface area contributed by atoms with Crippen molar-refractivity contribution < 1.29 is 33.4 Å². The first-order valence-corrected chi connectivity index (χ1v) is 10.7. The highest BCUT2D eigenvalue weighted by Gasteiger charge is 2.49. The Balaban J connectivity index is 1.65. The molecule has 4 rings (SSSR count). The largest absolute Gasteiger partial charge is 0.493 e. The number of ether oxygens (including phenoxy) is 3. The predicted molar refractivity (Wildman–Crippen MR) is 121 cm³/mol. The van der Waals surface area contributed by atoms with E-state index in [2.05, 4.69) is 10.1 Å². The Hall–Kier alpha value is -4.08. The number of esters is 1. The number of carbonyl (C=O) groups is 4. The number of carbonyl (C=O) groups excluding carboxylic acids is 4. The summed E-state index contributed by atoms with van der Waals surface area (Å²) in [4.78, 5) is 53.5. The lowest BCUT2D eigenvalue weighted by Crippen LogP contribution is -2.48. The lowest BCUT2D eigenvalue weighted by Gasteiger charge is -2.41. The van der Waals surface area contributed by atoms with Crippen LogP contribution in [0.5, 0.6) is 11.5 Å². The first kappa shape index (κ1) is 23.1. The number of nitrogens with zero attached hydrogens (tertiary/aromatic N) is 2. The summed E-state index contributed by atoms with van der Waals surface area (Å²) in [6.07, 6.45) is -0.243. The van der Waals surface area contributed by atoms with Gasteiger partial charge in [-0.15, -0.1) is 0 Å². The van der Waals surface area contributed by atoms with Crippen LogP contribution in [0.25, 0.3) is 0 Å². The number of para-hydroxylation sites is 1. The van der Waals surface area contributed by atoms with Crippen LogP contribution < -0.4 is 19.7 Å². The summed E-state index contributed by atoms with van der Waals surface area (Å²) < 4.78 is 15.4. The molecule has 0 unspecified atom stereocenters. The maximum Gasteiger partial charge on any atom is 0.325 e. The molecule has 2 aliphatic heterocycles. The van der Waals surface area contributed by atoms with Crippen LogP contribution in [0.2, 0.25) is 0 Å². The standard InChI is InChI=1S/C24H25N3O7/c1-32-17-11-10-15-20(21(17)34-3)24(31)27-16-8-5-4-7-14(16)23(30)26(22(15)27)12-6-9-18(28)25-13-19(29)33-2/h4-5,7-8,10-11,22H,6,9,12-13H2,1-3H3,(H,25,28)/t22-/m1/s1. The zero-order valence-corrected chi connectivity index (χ0v) is 19.1. The zero-order valence-electron chi connectivity index (χ0n) is 19.1. The van der Waals surface area contributed by atoms with Crippen LogP contribution in [0.4, 0.5) is 5.69 Å². The summed E-state index contributed by atoms with van der Waals surface area (Å²) in [5.74, 6) is -0.674. The van der Waals surface area contributed by atoms with Crippen LogP contribution in [-0.2, 0) is 14.3 Å². The predicted octanol–water partition coefficient (Wildman–Crippen LogP) is 1.89. The van der Waals surface area contributed by atoms with Gasteiger partial charge < -0.3 is 24.4 Å². The van der Waals surface area contributed by atoms with E-state index in [1.807, 2.05) is 0 Å². The smallest absolute Gasteiger partial charge is 0.325 e. The van der Waals surface area contributed by atoms with E-state index in [1.165, 1.54) is 21.3 Å². The molecule has 0 aliphatic carbocycles. The van der Waals surface area contributed by atoms with E-state index >= 15 is 0 Å². The van der Waals surface area contributed by atoms with E-state index in [-0.39, 0.29) is 37.2 Å². The van der Waals surface area contributed by atoms with Crippen LogP contribution >= 0.6 is 0 Å². The third-order valence-electron chi connectivity index (χ3n) is 5.94. The van der Waals surface area contributed by atoms with Gasteiger partial charge in [0, 0.05) is 18.5 Å². The first-order chi connectivity index (χ1) is 16.4. The van der Waals surface area contributed by atoms with Crippen LogP contribution in [0.1, 0.15) is 45.3 Å². The van der Waals surface area contributed by atoms with Gasteiger partial charge in [-0.3, -0.25) is 24.1 Å². The van der Waals surface area contributed by atoms with Gasteiger partial charge in [0.05, 0.1) is 38.1 Å². The molecule has 2 aromatic rings. The number of anilines is 1. The number of hydrogen-bond acceptors (Lipinski definition) is 7. The molecule has 0 bridgehead atoms. The fraction of sp³-hybridized carbons (Fsp3) is 0.333. The van der Waals surface area contributed by atoms with Crippen molar-refractivity contribution in [3.63, 3.8) is 0 Å². The third-order valence-corrected chi connectivity index (χ3v) is 5.94. The van der Waals surface area contributed by atoms with E-state index in [0.717, 1.165) is 0 Å². The third kappa shape index (κ3) is 3.81. The van der Waals surface area contributed by atoms with Gasteiger partial charge in [0.25, 0.3) is 11.8 Å².